The lowest BCUT2D eigenvalue weighted by Gasteiger charge is -1.96. The molecule has 0 aliphatic heterocycles. The molecule has 1 N–H and O–H groups in total. The lowest BCUT2D eigenvalue weighted by atomic mass is 10.3. The number of carbonyl (C=O) groups excluding carboxylic acids is 1. The van der Waals surface area contributed by atoms with E-state index in [9.17, 15) is 4.79 Å². The molecule has 0 aliphatic rings. The lowest BCUT2D eigenvalue weighted by molar-refractivity contribution is -0.121. The van der Waals surface area contributed by atoms with Gasteiger partial charge in [0.05, 0.1) is 0 Å². The molecule has 0 aliphatic carbocycles. The fraction of sp³-hybridized carbons (Fsp3) is 0.909. The highest BCUT2D eigenvalue weighted by Crippen LogP contribution is 1.83. The Hall–Kier alpha value is -0.530. The van der Waals surface area contributed by atoms with Gasteiger partial charge in [0.25, 0.3) is 0 Å². The molecule has 82 valence electrons. The summed E-state index contributed by atoms with van der Waals surface area (Å²) >= 11 is 0. The van der Waals surface area contributed by atoms with Crippen molar-refractivity contribution in [1.29, 1.82) is 0 Å². The molecule has 0 aromatic carbocycles. The summed E-state index contributed by atoms with van der Waals surface area (Å²) in [5, 5.41) is 2.71. The van der Waals surface area contributed by atoms with Crippen LogP contribution in [0.25, 0.3) is 0 Å². The van der Waals surface area contributed by atoms with Crippen molar-refractivity contribution in [2.75, 3.05) is 6.54 Å². The highest BCUT2D eigenvalue weighted by atomic mass is 16.1. The van der Waals surface area contributed by atoms with Gasteiger partial charge >= 0.3 is 0 Å². The maximum atomic E-state index is 10.5. The normalized spacial score (nSPS) is 7.23. The van der Waals surface area contributed by atoms with Crippen molar-refractivity contribution >= 4 is 5.91 Å². The van der Waals surface area contributed by atoms with E-state index < -0.39 is 0 Å². The van der Waals surface area contributed by atoms with Crippen molar-refractivity contribution < 1.29 is 4.79 Å². The second kappa shape index (κ2) is 22.5. The van der Waals surface area contributed by atoms with Crippen LogP contribution in [0.1, 0.15) is 60.8 Å². The van der Waals surface area contributed by atoms with Gasteiger partial charge in [-0.25, -0.2) is 0 Å². The molecule has 0 saturated heterocycles. The third-order valence-electron chi connectivity index (χ3n) is 0.851. The molecule has 0 rings (SSSR count). The fourth-order valence-electron chi connectivity index (χ4n) is 0.513. The average Bonchev–Trinajstić information content (AvgIpc) is 2.10. The quantitative estimate of drug-likeness (QED) is 0.724. The van der Waals surface area contributed by atoms with Crippen LogP contribution < -0.4 is 5.32 Å². The number of hydrogen-bond donors (Lipinski definition) is 1. The van der Waals surface area contributed by atoms with Crippen LogP contribution in [0.15, 0.2) is 0 Å². The Morgan fingerprint density at radius 3 is 1.69 bits per heavy atom. The van der Waals surface area contributed by atoms with Crippen LogP contribution >= 0.6 is 0 Å². The minimum absolute atomic E-state index is 0.162. The van der Waals surface area contributed by atoms with E-state index >= 15 is 0 Å². The molecule has 2 heteroatoms. The Morgan fingerprint density at radius 1 is 1.08 bits per heavy atom. The third kappa shape index (κ3) is 34.4. The largest absolute Gasteiger partial charge is 0.356 e. The first-order valence-corrected chi connectivity index (χ1v) is 5.49. The molecule has 2 nitrogen and oxygen atoms in total. The van der Waals surface area contributed by atoms with Crippen molar-refractivity contribution in [1.82, 2.24) is 5.32 Å². The molecule has 0 unspecified atom stereocenters. The van der Waals surface area contributed by atoms with E-state index in [0.717, 1.165) is 13.0 Å². The van der Waals surface area contributed by atoms with Crippen LogP contribution in [0.4, 0.5) is 0 Å². The van der Waals surface area contributed by atoms with Crippen LogP contribution in [0.2, 0.25) is 0 Å². The number of carbonyl (C=O) groups is 1. The highest BCUT2D eigenvalue weighted by molar-refractivity contribution is 5.75. The Balaban J connectivity index is -0.000000169. The summed E-state index contributed by atoms with van der Waals surface area (Å²) in [5.74, 6) is 0.162. The molecule has 0 radical (unpaired) electrons. The predicted octanol–water partition coefficient (Wildman–Crippen LogP) is 3.37. The Kier molecular flexibility index (Phi) is 31.7. The number of nitrogens with one attached hydrogen (secondary N) is 1. The van der Waals surface area contributed by atoms with E-state index in [0.29, 0.717) is 6.42 Å². The molecule has 0 heterocycles. The monoisotopic (exact) mass is 189 g/mol. The van der Waals surface area contributed by atoms with Crippen LogP contribution in [-0.4, -0.2) is 12.5 Å². The average molecular weight is 189 g/mol. The zero-order valence-electron chi connectivity index (χ0n) is 10.2. The van der Waals surface area contributed by atoms with Crippen molar-refractivity contribution in [2.45, 2.75) is 60.8 Å². The Bertz CT molecular complexity index is 74.2. The van der Waals surface area contributed by atoms with Gasteiger partial charge in [-0.2, -0.15) is 0 Å². The standard InChI is InChI=1S/C6H13NO.C3H8.C2H6/c1-3-5-6(8)7-4-2;1-3-2;1-2/h3-5H2,1-2H3,(H,7,8);3H2,1-2H3;1-2H3. The molecule has 0 aromatic heterocycles. The van der Waals surface area contributed by atoms with Gasteiger partial charge in [0, 0.05) is 13.0 Å². The lowest BCUT2D eigenvalue weighted by Crippen LogP contribution is -2.21. The maximum Gasteiger partial charge on any atom is 0.219 e. The molecular weight excluding hydrogens is 162 g/mol. The minimum Gasteiger partial charge on any atom is -0.356 e. The molecule has 0 aromatic rings. The van der Waals surface area contributed by atoms with E-state index in [4.69, 9.17) is 0 Å². The van der Waals surface area contributed by atoms with E-state index in [1.165, 1.54) is 6.42 Å². The van der Waals surface area contributed by atoms with Crippen molar-refractivity contribution in [2.24, 2.45) is 0 Å². The molecule has 0 saturated carbocycles. The van der Waals surface area contributed by atoms with Crippen LogP contribution in [0.5, 0.6) is 0 Å². The van der Waals surface area contributed by atoms with Crippen LogP contribution in [-0.2, 0) is 4.79 Å². The number of rotatable bonds is 3. The summed E-state index contributed by atoms with van der Waals surface area (Å²) in [6.07, 6.45) is 2.85. The van der Waals surface area contributed by atoms with Gasteiger partial charge in [-0.15, -0.1) is 0 Å². The van der Waals surface area contributed by atoms with Gasteiger partial charge in [-0.3, -0.25) is 4.79 Å². The first kappa shape index (κ1) is 18.3. The van der Waals surface area contributed by atoms with Crippen LogP contribution in [0, 0.1) is 0 Å². The first-order valence-electron chi connectivity index (χ1n) is 5.49. The Labute approximate surface area is 84.1 Å². The topological polar surface area (TPSA) is 29.1 Å². The van der Waals surface area contributed by atoms with Gasteiger partial charge in [0.1, 0.15) is 0 Å². The zero-order valence-corrected chi connectivity index (χ0v) is 10.2. The molecule has 1 amide bonds. The summed E-state index contributed by atoms with van der Waals surface area (Å²) in [7, 11) is 0. The van der Waals surface area contributed by atoms with Crippen molar-refractivity contribution in [3.05, 3.63) is 0 Å². The van der Waals surface area contributed by atoms with Gasteiger partial charge in [-0.05, 0) is 13.3 Å². The smallest absolute Gasteiger partial charge is 0.219 e. The summed E-state index contributed by atoms with van der Waals surface area (Å²) in [6.45, 7) is 12.9. The maximum absolute atomic E-state index is 10.5. The molecule has 0 spiro atoms. The number of hydrogen-bond acceptors (Lipinski definition) is 1. The first-order chi connectivity index (χ1) is 6.22. The SMILES string of the molecule is CC.CCC.CCCC(=O)NCC. The summed E-state index contributed by atoms with van der Waals surface area (Å²) in [5.41, 5.74) is 0. The predicted molar refractivity (Wildman–Crippen MR) is 60.9 cm³/mol. The van der Waals surface area contributed by atoms with Crippen molar-refractivity contribution in [3.8, 4) is 0 Å². The summed E-state index contributed by atoms with van der Waals surface area (Å²) < 4.78 is 0. The van der Waals surface area contributed by atoms with E-state index in [1.807, 2.05) is 27.7 Å². The summed E-state index contributed by atoms with van der Waals surface area (Å²) in [6, 6.07) is 0. The fourth-order valence-corrected chi connectivity index (χ4v) is 0.513. The molecular formula is C11H27NO. The van der Waals surface area contributed by atoms with Gasteiger partial charge in [0.2, 0.25) is 5.91 Å². The van der Waals surface area contributed by atoms with Gasteiger partial charge in [0.15, 0.2) is 0 Å². The van der Waals surface area contributed by atoms with Gasteiger partial charge < -0.3 is 5.32 Å². The second-order valence-electron chi connectivity index (χ2n) is 2.41. The molecule has 0 atom stereocenters. The summed E-state index contributed by atoms with van der Waals surface area (Å²) in [4.78, 5) is 10.5. The van der Waals surface area contributed by atoms with E-state index in [-0.39, 0.29) is 5.91 Å². The Morgan fingerprint density at radius 2 is 1.46 bits per heavy atom. The molecule has 13 heavy (non-hydrogen) atoms. The second-order valence-corrected chi connectivity index (χ2v) is 2.41. The third-order valence-corrected chi connectivity index (χ3v) is 0.851. The van der Waals surface area contributed by atoms with Crippen molar-refractivity contribution in [3.63, 3.8) is 0 Å². The van der Waals surface area contributed by atoms with E-state index in [2.05, 4.69) is 19.2 Å². The van der Waals surface area contributed by atoms with E-state index in [1.54, 1.807) is 0 Å². The molecule has 0 bridgehead atoms. The highest BCUT2D eigenvalue weighted by Gasteiger charge is 1.92. The number of amides is 1. The molecule has 0 fully saturated rings. The van der Waals surface area contributed by atoms with Gasteiger partial charge in [-0.1, -0.05) is 41.0 Å². The minimum atomic E-state index is 0.162. The van der Waals surface area contributed by atoms with Crippen LogP contribution in [0.3, 0.4) is 0 Å². The zero-order chi connectivity index (χ0) is 11.1.